The summed E-state index contributed by atoms with van der Waals surface area (Å²) in [4.78, 5) is 2.41. The van der Waals surface area contributed by atoms with E-state index in [2.05, 4.69) is 33.0 Å². The second-order valence-electron chi connectivity index (χ2n) is 3.60. The molecule has 0 saturated carbocycles. The van der Waals surface area contributed by atoms with Gasteiger partial charge in [-0.05, 0) is 19.9 Å². The molecule has 0 atom stereocenters. The highest BCUT2D eigenvalue weighted by Crippen LogP contribution is 2.14. The molecule has 0 aliphatic carbocycles. The van der Waals surface area contributed by atoms with Crippen LogP contribution in [0, 0.1) is 0 Å². The molecule has 4 nitrogen and oxygen atoms in total. The van der Waals surface area contributed by atoms with Crippen LogP contribution in [0.25, 0.3) is 0 Å². The number of nitrogens with zero attached hydrogens (tertiary/aromatic N) is 3. The van der Waals surface area contributed by atoms with Crippen LogP contribution in [0.3, 0.4) is 0 Å². The molecule has 0 radical (unpaired) electrons. The van der Waals surface area contributed by atoms with Crippen LogP contribution in [0.5, 0.6) is 0 Å². The minimum Gasteiger partial charge on any atom is -0.356 e. The molecule has 0 spiro atoms. The maximum absolute atomic E-state index is 4.30. The summed E-state index contributed by atoms with van der Waals surface area (Å²) in [6.07, 6.45) is 3.10. The summed E-state index contributed by atoms with van der Waals surface area (Å²) in [7, 11) is 0. The van der Waals surface area contributed by atoms with Crippen LogP contribution in [0.4, 0.5) is 5.82 Å². The Morgan fingerprint density at radius 2 is 2.36 bits per heavy atom. The number of hydrogen-bond donors (Lipinski definition) is 1. The average Bonchev–Trinajstić information content (AvgIpc) is 2.52. The van der Waals surface area contributed by atoms with Crippen molar-refractivity contribution in [1.29, 1.82) is 0 Å². The second-order valence-corrected chi connectivity index (χ2v) is 3.60. The van der Waals surface area contributed by atoms with Gasteiger partial charge >= 0.3 is 0 Å². The van der Waals surface area contributed by atoms with E-state index in [9.17, 15) is 0 Å². The lowest BCUT2D eigenvalue weighted by molar-refractivity contribution is 0.636. The van der Waals surface area contributed by atoms with Gasteiger partial charge in [-0.3, -0.25) is 4.68 Å². The highest BCUT2D eigenvalue weighted by molar-refractivity contribution is 5.38. The van der Waals surface area contributed by atoms with Crippen molar-refractivity contribution in [2.45, 2.75) is 19.9 Å². The largest absolute Gasteiger partial charge is 0.356 e. The lowest BCUT2D eigenvalue weighted by Crippen LogP contribution is -2.29. The van der Waals surface area contributed by atoms with E-state index in [0.717, 1.165) is 32.7 Å². The third-order valence-corrected chi connectivity index (χ3v) is 2.66. The molecule has 0 amide bonds. The van der Waals surface area contributed by atoms with Gasteiger partial charge < -0.3 is 10.2 Å². The van der Waals surface area contributed by atoms with Gasteiger partial charge in [0.25, 0.3) is 0 Å². The van der Waals surface area contributed by atoms with E-state index in [4.69, 9.17) is 0 Å². The molecule has 4 heteroatoms. The van der Waals surface area contributed by atoms with Gasteiger partial charge in [0.2, 0.25) is 0 Å². The molecule has 1 N–H and O–H groups in total. The number of rotatable bonds is 2. The Balaban J connectivity index is 2.11. The van der Waals surface area contributed by atoms with Crippen molar-refractivity contribution in [1.82, 2.24) is 15.1 Å². The molecule has 1 saturated heterocycles. The smallest absolute Gasteiger partial charge is 0.126 e. The summed E-state index contributed by atoms with van der Waals surface area (Å²) in [5, 5.41) is 7.70. The first kappa shape index (κ1) is 9.52. The van der Waals surface area contributed by atoms with E-state index >= 15 is 0 Å². The maximum Gasteiger partial charge on any atom is 0.126 e. The van der Waals surface area contributed by atoms with Gasteiger partial charge in [-0.25, -0.2) is 0 Å². The van der Waals surface area contributed by atoms with Crippen molar-refractivity contribution >= 4 is 5.82 Å². The summed E-state index contributed by atoms with van der Waals surface area (Å²) >= 11 is 0. The molecule has 0 unspecified atom stereocenters. The van der Waals surface area contributed by atoms with Crippen LogP contribution in [0.2, 0.25) is 0 Å². The summed E-state index contributed by atoms with van der Waals surface area (Å²) < 4.78 is 2.06. The fourth-order valence-corrected chi connectivity index (χ4v) is 1.91. The molecule has 1 aromatic rings. The molecule has 2 rings (SSSR count). The fourth-order valence-electron chi connectivity index (χ4n) is 1.91. The van der Waals surface area contributed by atoms with E-state index in [1.165, 1.54) is 12.2 Å². The second kappa shape index (κ2) is 4.46. The lowest BCUT2D eigenvalue weighted by atomic mass is 10.4. The van der Waals surface area contributed by atoms with Crippen LogP contribution in [-0.2, 0) is 6.54 Å². The maximum atomic E-state index is 4.30. The van der Waals surface area contributed by atoms with Crippen molar-refractivity contribution < 1.29 is 0 Å². The molecule has 2 heterocycles. The Kier molecular flexibility index (Phi) is 3.03. The molecule has 1 aliphatic rings. The predicted molar refractivity (Wildman–Crippen MR) is 57.6 cm³/mol. The first-order valence-corrected chi connectivity index (χ1v) is 5.39. The van der Waals surface area contributed by atoms with E-state index < -0.39 is 0 Å². The Hall–Kier alpha value is -1.03. The summed E-state index contributed by atoms with van der Waals surface area (Å²) in [5.74, 6) is 1.26. The molecule has 1 fully saturated rings. The SMILES string of the molecule is CCn1nccc1N1CCCNCC1. The van der Waals surface area contributed by atoms with Crippen molar-refractivity contribution in [3.8, 4) is 0 Å². The van der Waals surface area contributed by atoms with Crippen LogP contribution in [0.15, 0.2) is 12.3 Å². The number of aryl methyl sites for hydroxylation is 1. The molecule has 1 aromatic heterocycles. The van der Waals surface area contributed by atoms with E-state index in [1.54, 1.807) is 0 Å². The molecule has 78 valence electrons. The predicted octanol–water partition coefficient (Wildman–Crippen LogP) is 0.703. The zero-order valence-electron chi connectivity index (χ0n) is 8.74. The standard InChI is InChI=1S/C10H18N4/c1-2-14-10(4-6-12-14)13-8-3-5-11-7-9-13/h4,6,11H,2-3,5,7-9H2,1H3. The topological polar surface area (TPSA) is 33.1 Å². The number of anilines is 1. The van der Waals surface area contributed by atoms with Gasteiger partial charge in [-0.1, -0.05) is 0 Å². The first-order chi connectivity index (χ1) is 6.92. The average molecular weight is 194 g/mol. The Labute approximate surface area is 84.9 Å². The molecule has 14 heavy (non-hydrogen) atoms. The molecular weight excluding hydrogens is 176 g/mol. The fraction of sp³-hybridized carbons (Fsp3) is 0.700. The lowest BCUT2D eigenvalue weighted by Gasteiger charge is -2.22. The van der Waals surface area contributed by atoms with Gasteiger partial charge in [0.15, 0.2) is 0 Å². The van der Waals surface area contributed by atoms with Crippen molar-refractivity contribution in [3.05, 3.63) is 12.3 Å². The highest BCUT2D eigenvalue weighted by atomic mass is 15.4. The first-order valence-electron chi connectivity index (χ1n) is 5.39. The number of hydrogen-bond acceptors (Lipinski definition) is 3. The monoisotopic (exact) mass is 194 g/mol. The molecule has 0 bridgehead atoms. The minimum atomic E-state index is 0.951. The van der Waals surface area contributed by atoms with Gasteiger partial charge in [0.05, 0.1) is 6.20 Å². The minimum absolute atomic E-state index is 0.951. The van der Waals surface area contributed by atoms with Gasteiger partial charge in [0, 0.05) is 32.2 Å². The third kappa shape index (κ3) is 1.90. The Morgan fingerprint density at radius 3 is 3.21 bits per heavy atom. The number of aromatic nitrogens is 2. The van der Waals surface area contributed by atoms with Crippen molar-refractivity contribution in [2.75, 3.05) is 31.1 Å². The van der Waals surface area contributed by atoms with Gasteiger partial charge in [0.1, 0.15) is 5.82 Å². The van der Waals surface area contributed by atoms with Crippen LogP contribution >= 0.6 is 0 Å². The van der Waals surface area contributed by atoms with Crippen molar-refractivity contribution in [3.63, 3.8) is 0 Å². The zero-order valence-corrected chi connectivity index (χ0v) is 8.74. The highest BCUT2D eigenvalue weighted by Gasteiger charge is 2.12. The Morgan fingerprint density at radius 1 is 1.43 bits per heavy atom. The third-order valence-electron chi connectivity index (χ3n) is 2.66. The summed E-state index contributed by atoms with van der Waals surface area (Å²) in [6, 6.07) is 2.11. The van der Waals surface area contributed by atoms with E-state index in [1.807, 2.05) is 6.20 Å². The number of nitrogens with one attached hydrogen (secondary N) is 1. The molecule has 0 aromatic carbocycles. The van der Waals surface area contributed by atoms with Crippen LogP contribution in [-0.4, -0.2) is 36.0 Å². The molecule has 1 aliphatic heterocycles. The van der Waals surface area contributed by atoms with Crippen LogP contribution in [0.1, 0.15) is 13.3 Å². The van der Waals surface area contributed by atoms with Crippen LogP contribution < -0.4 is 10.2 Å². The van der Waals surface area contributed by atoms with Gasteiger partial charge in [-0.15, -0.1) is 0 Å². The summed E-state index contributed by atoms with van der Waals surface area (Å²) in [6.45, 7) is 7.52. The van der Waals surface area contributed by atoms with Crippen molar-refractivity contribution in [2.24, 2.45) is 0 Å². The van der Waals surface area contributed by atoms with E-state index in [0.29, 0.717) is 0 Å². The molecular formula is C10H18N4. The van der Waals surface area contributed by atoms with Gasteiger partial charge in [-0.2, -0.15) is 5.10 Å². The van der Waals surface area contributed by atoms with E-state index in [-0.39, 0.29) is 0 Å². The Bertz CT molecular complexity index is 273. The normalized spacial score (nSPS) is 18.2. The quantitative estimate of drug-likeness (QED) is 0.752. The zero-order chi connectivity index (χ0) is 9.80. The summed E-state index contributed by atoms with van der Waals surface area (Å²) in [5.41, 5.74) is 0.